The highest BCUT2D eigenvalue weighted by Gasteiger charge is 2.13. The van der Waals surface area contributed by atoms with Crippen molar-refractivity contribution in [2.45, 2.75) is 45.4 Å². The normalized spacial score (nSPS) is 10.4. The predicted molar refractivity (Wildman–Crippen MR) is 100.0 cm³/mol. The highest BCUT2D eigenvalue weighted by molar-refractivity contribution is 5.88. The van der Waals surface area contributed by atoms with Crippen molar-refractivity contribution in [2.24, 2.45) is 0 Å². The molecule has 2 rings (SSSR count). The van der Waals surface area contributed by atoms with Gasteiger partial charge in [0.25, 0.3) is 0 Å². The molecule has 0 aliphatic carbocycles. The fourth-order valence-corrected chi connectivity index (χ4v) is 2.69. The number of ether oxygens (including phenoxy) is 1. The summed E-state index contributed by atoms with van der Waals surface area (Å²) in [6.45, 7) is 2.91. The van der Waals surface area contributed by atoms with Crippen molar-refractivity contribution in [3.05, 3.63) is 54.6 Å². The van der Waals surface area contributed by atoms with Gasteiger partial charge in [-0.3, -0.25) is 9.69 Å². The average Bonchev–Trinajstić information content (AvgIpc) is 2.64. The molecule has 0 aliphatic rings. The van der Waals surface area contributed by atoms with Crippen LogP contribution < -0.4 is 9.64 Å². The molecule has 0 heterocycles. The molecule has 0 bridgehead atoms. The molecule has 0 spiro atoms. The van der Waals surface area contributed by atoms with Crippen molar-refractivity contribution < 1.29 is 9.53 Å². The summed E-state index contributed by atoms with van der Waals surface area (Å²) in [6, 6.07) is 17.3. The van der Waals surface area contributed by atoms with Gasteiger partial charge in [-0.1, -0.05) is 69.4 Å². The van der Waals surface area contributed by atoms with Crippen LogP contribution in [0.3, 0.4) is 0 Å². The van der Waals surface area contributed by atoms with Crippen LogP contribution in [0.2, 0.25) is 0 Å². The van der Waals surface area contributed by atoms with Gasteiger partial charge in [-0.2, -0.15) is 0 Å². The third kappa shape index (κ3) is 5.41. The van der Waals surface area contributed by atoms with E-state index in [0.29, 0.717) is 6.61 Å². The highest BCUT2D eigenvalue weighted by atomic mass is 16.5. The molecule has 1 amide bonds. The number of carbonyl (C=O) groups is 1. The van der Waals surface area contributed by atoms with E-state index in [2.05, 4.69) is 6.92 Å². The zero-order valence-corrected chi connectivity index (χ0v) is 14.5. The van der Waals surface area contributed by atoms with E-state index < -0.39 is 0 Å². The van der Waals surface area contributed by atoms with E-state index >= 15 is 0 Å². The van der Waals surface area contributed by atoms with E-state index in [1.807, 2.05) is 54.6 Å². The van der Waals surface area contributed by atoms with Gasteiger partial charge >= 0.3 is 0 Å². The monoisotopic (exact) mass is 325 g/mol. The van der Waals surface area contributed by atoms with Gasteiger partial charge in [-0.05, 0) is 30.7 Å². The van der Waals surface area contributed by atoms with E-state index in [9.17, 15) is 4.79 Å². The first-order valence-electron chi connectivity index (χ1n) is 8.88. The second-order valence-electron chi connectivity index (χ2n) is 5.89. The summed E-state index contributed by atoms with van der Waals surface area (Å²) in [6.07, 6.45) is 8.23. The van der Waals surface area contributed by atoms with Gasteiger partial charge in [0.1, 0.15) is 5.75 Å². The number of para-hydroxylation sites is 3. The second-order valence-corrected chi connectivity index (χ2v) is 5.89. The summed E-state index contributed by atoms with van der Waals surface area (Å²) >= 11 is 0. The van der Waals surface area contributed by atoms with Crippen LogP contribution in [0, 0.1) is 0 Å². The standard InChI is InChI=1S/C21H27NO2/c1-2-3-4-5-6-12-17-24-21-16-11-10-15-20(21)22(18-23)19-13-8-7-9-14-19/h7-11,13-16,18H,2-6,12,17H2,1H3. The van der Waals surface area contributed by atoms with E-state index in [4.69, 9.17) is 4.74 Å². The molecular weight excluding hydrogens is 298 g/mol. The van der Waals surface area contributed by atoms with E-state index in [0.717, 1.165) is 30.0 Å². The van der Waals surface area contributed by atoms with Crippen molar-refractivity contribution in [2.75, 3.05) is 11.5 Å². The van der Waals surface area contributed by atoms with Crippen molar-refractivity contribution in [3.63, 3.8) is 0 Å². The van der Waals surface area contributed by atoms with Gasteiger partial charge in [-0.15, -0.1) is 0 Å². The quantitative estimate of drug-likeness (QED) is 0.390. The molecule has 3 heteroatoms. The number of hydrogen-bond acceptors (Lipinski definition) is 2. The third-order valence-corrected chi connectivity index (χ3v) is 4.02. The first-order valence-corrected chi connectivity index (χ1v) is 8.88. The second kappa shape index (κ2) is 10.5. The molecule has 0 saturated carbocycles. The van der Waals surface area contributed by atoms with Crippen LogP contribution in [0.15, 0.2) is 54.6 Å². The van der Waals surface area contributed by atoms with Gasteiger partial charge in [0.2, 0.25) is 6.41 Å². The van der Waals surface area contributed by atoms with Gasteiger partial charge < -0.3 is 4.74 Å². The molecule has 128 valence electrons. The first kappa shape index (κ1) is 18.1. The minimum Gasteiger partial charge on any atom is -0.491 e. The Morgan fingerprint density at radius 2 is 1.54 bits per heavy atom. The third-order valence-electron chi connectivity index (χ3n) is 4.02. The number of benzene rings is 2. The molecule has 0 aromatic heterocycles. The fraction of sp³-hybridized carbons (Fsp3) is 0.381. The Bertz CT molecular complexity index is 598. The molecular formula is C21H27NO2. The molecule has 0 atom stereocenters. The van der Waals surface area contributed by atoms with Crippen LogP contribution in [0.5, 0.6) is 5.75 Å². The van der Waals surface area contributed by atoms with E-state index in [1.54, 1.807) is 4.90 Å². The molecule has 2 aromatic rings. The topological polar surface area (TPSA) is 29.5 Å². The molecule has 3 nitrogen and oxygen atoms in total. The summed E-state index contributed by atoms with van der Waals surface area (Å²) in [4.78, 5) is 13.2. The van der Waals surface area contributed by atoms with Crippen molar-refractivity contribution >= 4 is 17.8 Å². The summed E-state index contributed by atoms with van der Waals surface area (Å²) in [7, 11) is 0. The lowest BCUT2D eigenvalue weighted by molar-refractivity contribution is -0.106. The Labute approximate surface area is 145 Å². The number of rotatable bonds is 11. The molecule has 0 saturated heterocycles. The van der Waals surface area contributed by atoms with Crippen LogP contribution in [0.25, 0.3) is 0 Å². The number of unbranched alkanes of at least 4 members (excludes halogenated alkanes) is 5. The summed E-state index contributed by atoms with van der Waals surface area (Å²) in [5.74, 6) is 0.752. The van der Waals surface area contributed by atoms with Gasteiger partial charge in [-0.25, -0.2) is 0 Å². The Hall–Kier alpha value is -2.29. The van der Waals surface area contributed by atoms with Crippen LogP contribution in [-0.2, 0) is 4.79 Å². The Morgan fingerprint density at radius 3 is 2.29 bits per heavy atom. The molecule has 24 heavy (non-hydrogen) atoms. The van der Waals surface area contributed by atoms with Crippen molar-refractivity contribution in [1.82, 2.24) is 0 Å². The maximum atomic E-state index is 11.6. The lowest BCUT2D eigenvalue weighted by atomic mass is 10.1. The molecule has 0 fully saturated rings. The van der Waals surface area contributed by atoms with Gasteiger partial charge in [0.15, 0.2) is 0 Å². The molecule has 2 aromatic carbocycles. The number of anilines is 2. The van der Waals surface area contributed by atoms with Crippen molar-refractivity contribution in [1.29, 1.82) is 0 Å². The number of carbonyl (C=O) groups excluding carboxylic acids is 1. The van der Waals surface area contributed by atoms with E-state index in [1.165, 1.54) is 32.1 Å². The predicted octanol–water partition coefficient (Wildman–Crippen LogP) is 5.72. The van der Waals surface area contributed by atoms with E-state index in [-0.39, 0.29) is 0 Å². The number of amides is 1. The maximum Gasteiger partial charge on any atom is 0.218 e. The van der Waals surface area contributed by atoms with Crippen LogP contribution in [0.1, 0.15) is 45.4 Å². The number of nitrogens with zero attached hydrogens (tertiary/aromatic N) is 1. The average molecular weight is 325 g/mol. The molecule has 0 aliphatic heterocycles. The Morgan fingerprint density at radius 1 is 0.875 bits per heavy atom. The SMILES string of the molecule is CCCCCCCCOc1ccccc1N(C=O)c1ccccc1. The molecule has 0 N–H and O–H groups in total. The van der Waals surface area contributed by atoms with Gasteiger partial charge in [0.05, 0.1) is 12.3 Å². The minimum atomic E-state index is 0.685. The summed E-state index contributed by atoms with van der Waals surface area (Å²) in [5, 5.41) is 0. The van der Waals surface area contributed by atoms with Crippen LogP contribution in [-0.4, -0.2) is 13.0 Å². The zero-order chi connectivity index (χ0) is 17.0. The zero-order valence-electron chi connectivity index (χ0n) is 14.5. The first-order chi connectivity index (χ1) is 11.9. The van der Waals surface area contributed by atoms with Gasteiger partial charge in [0, 0.05) is 5.69 Å². The fourth-order valence-electron chi connectivity index (χ4n) is 2.69. The highest BCUT2D eigenvalue weighted by Crippen LogP contribution is 2.32. The van der Waals surface area contributed by atoms with Crippen LogP contribution in [0.4, 0.5) is 11.4 Å². The summed E-state index contributed by atoms with van der Waals surface area (Å²) in [5.41, 5.74) is 1.62. The summed E-state index contributed by atoms with van der Waals surface area (Å²) < 4.78 is 5.95. The minimum absolute atomic E-state index is 0.685. The molecule has 0 radical (unpaired) electrons. The smallest absolute Gasteiger partial charge is 0.218 e. The Balaban J connectivity index is 1.95. The number of hydrogen-bond donors (Lipinski definition) is 0. The largest absolute Gasteiger partial charge is 0.491 e. The van der Waals surface area contributed by atoms with Crippen molar-refractivity contribution in [3.8, 4) is 5.75 Å². The lowest BCUT2D eigenvalue weighted by Gasteiger charge is -2.21. The lowest BCUT2D eigenvalue weighted by Crippen LogP contribution is -2.15. The molecule has 0 unspecified atom stereocenters. The Kier molecular flexibility index (Phi) is 7.88. The van der Waals surface area contributed by atoms with Crippen LogP contribution >= 0.6 is 0 Å². The maximum absolute atomic E-state index is 11.6.